The highest BCUT2D eigenvalue weighted by Crippen LogP contribution is 2.77. The first-order valence-corrected chi connectivity index (χ1v) is 4.31. The van der Waals surface area contributed by atoms with Crippen LogP contribution < -0.4 is 0 Å². The molecular formula is C9H14O3. The van der Waals surface area contributed by atoms with Gasteiger partial charge in [0, 0.05) is 6.61 Å². The van der Waals surface area contributed by atoms with E-state index < -0.39 is 0 Å². The van der Waals surface area contributed by atoms with Gasteiger partial charge in [-0.2, -0.15) is 0 Å². The summed E-state index contributed by atoms with van der Waals surface area (Å²) in [5.41, 5.74) is -0.161. The summed E-state index contributed by atoms with van der Waals surface area (Å²) in [5, 5.41) is 9.07. The van der Waals surface area contributed by atoms with Crippen molar-refractivity contribution in [2.75, 3.05) is 13.7 Å². The van der Waals surface area contributed by atoms with Gasteiger partial charge in [-0.15, -0.1) is 0 Å². The molecule has 3 saturated carbocycles. The number of hydrogen-bond donors (Lipinski definition) is 1. The van der Waals surface area contributed by atoms with Gasteiger partial charge in [-0.1, -0.05) is 6.92 Å². The fraction of sp³-hybridized carbons (Fsp3) is 0.889. The van der Waals surface area contributed by atoms with Gasteiger partial charge < -0.3 is 9.84 Å². The lowest BCUT2D eigenvalue weighted by Crippen LogP contribution is -2.73. The monoisotopic (exact) mass is 170 g/mol. The molecule has 3 rings (SSSR count). The van der Waals surface area contributed by atoms with Gasteiger partial charge in [0.1, 0.15) is 0 Å². The normalized spacial score (nSPS) is 49.1. The fourth-order valence-corrected chi connectivity index (χ4v) is 2.91. The number of carbonyl (C=O) groups excluding carboxylic acids is 1. The molecule has 0 aromatic rings. The first-order valence-electron chi connectivity index (χ1n) is 4.31. The molecule has 0 saturated heterocycles. The Kier molecular flexibility index (Phi) is 1.35. The molecule has 3 fully saturated rings. The van der Waals surface area contributed by atoms with E-state index in [1.165, 1.54) is 7.11 Å². The van der Waals surface area contributed by atoms with Crippen LogP contribution in [0.5, 0.6) is 0 Å². The molecule has 0 amide bonds. The zero-order chi connectivity index (χ0) is 8.98. The van der Waals surface area contributed by atoms with E-state index in [1.54, 1.807) is 0 Å². The lowest BCUT2D eigenvalue weighted by Gasteiger charge is -2.73. The van der Waals surface area contributed by atoms with Gasteiger partial charge in [0.05, 0.1) is 12.5 Å². The number of ether oxygens (including phenoxy) is 1. The molecule has 0 aromatic heterocycles. The Balaban J connectivity index is 2.10. The average Bonchev–Trinajstić information content (AvgIpc) is 2.02. The minimum Gasteiger partial charge on any atom is -0.469 e. The topological polar surface area (TPSA) is 46.5 Å². The fourth-order valence-electron chi connectivity index (χ4n) is 2.91. The SMILES string of the molecule is COC(=O)C12CC(CO)(C1)C2C. The summed E-state index contributed by atoms with van der Waals surface area (Å²) in [6, 6.07) is 0. The zero-order valence-corrected chi connectivity index (χ0v) is 7.46. The number of aliphatic hydroxyl groups excluding tert-OH is 1. The molecule has 3 nitrogen and oxygen atoms in total. The van der Waals surface area contributed by atoms with E-state index in [1.807, 2.05) is 6.92 Å². The molecule has 12 heavy (non-hydrogen) atoms. The van der Waals surface area contributed by atoms with Crippen LogP contribution in [0.4, 0.5) is 0 Å². The minimum atomic E-state index is -0.225. The Labute approximate surface area is 71.7 Å². The molecule has 1 N–H and O–H groups in total. The van der Waals surface area contributed by atoms with Crippen molar-refractivity contribution in [3.05, 3.63) is 0 Å². The molecule has 0 aliphatic heterocycles. The maximum Gasteiger partial charge on any atom is 0.312 e. The molecule has 0 spiro atoms. The number of rotatable bonds is 2. The van der Waals surface area contributed by atoms with Crippen molar-refractivity contribution in [3.8, 4) is 0 Å². The highest BCUT2D eigenvalue weighted by molar-refractivity contribution is 5.81. The quantitative estimate of drug-likeness (QED) is 0.616. The lowest BCUT2D eigenvalue weighted by molar-refractivity contribution is -0.281. The average molecular weight is 170 g/mol. The van der Waals surface area contributed by atoms with E-state index in [0.717, 1.165) is 12.8 Å². The maximum atomic E-state index is 11.3. The Hall–Kier alpha value is -0.570. The molecule has 1 atom stereocenters. The molecule has 3 heteroatoms. The Morgan fingerprint density at radius 2 is 2.25 bits per heavy atom. The van der Waals surface area contributed by atoms with Gasteiger partial charge in [-0.3, -0.25) is 4.79 Å². The summed E-state index contributed by atoms with van der Waals surface area (Å²) in [6.07, 6.45) is 1.65. The number of hydrogen-bond acceptors (Lipinski definition) is 3. The van der Waals surface area contributed by atoms with Crippen LogP contribution in [0, 0.1) is 16.7 Å². The third-order valence-electron chi connectivity index (χ3n) is 3.99. The third kappa shape index (κ3) is 0.565. The van der Waals surface area contributed by atoms with Crippen LogP contribution in [-0.4, -0.2) is 24.8 Å². The smallest absolute Gasteiger partial charge is 0.312 e. The molecule has 3 aliphatic carbocycles. The van der Waals surface area contributed by atoms with Gasteiger partial charge in [-0.25, -0.2) is 0 Å². The van der Waals surface area contributed by atoms with Crippen molar-refractivity contribution < 1.29 is 14.6 Å². The third-order valence-corrected chi connectivity index (χ3v) is 3.99. The van der Waals surface area contributed by atoms with Gasteiger partial charge in [0.2, 0.25) is 0 Å². The van der Waals surface area contributed by atoms with E-state index >= 15 is 0 Å². The van der Waals surface area contributed by atoms with Crippen LogP contribution in [0.1, 0.15) is 19.8 Å². The van der Waals surface area contributed by atoms with E-state index in [-0.39, 0.29) is 23.4 Å². The molecule has 0 heterocycles. The summed E-state index contributed by atoms with van der Waals surface area (Å²) < 4.78 is 4.73. The molecule has 68 valence electrons. The van der Waals surface area contributed by atoms with Crippen molar-refractivity contribution in [1.82, 2.24) is 0 Å². The van der Waals surface area contributed by atoms with E-state index in [0.29, 0.717) is 5.92 Å². The van der Waals surface area contributed by atoms with Crippen LogP contribution in [0.3, 0.4) is 0 Å². The highest BCUT2D eigenvalue weighted by Gasteiger charge is 2.77. The number of carbonyl (C=O) groups is 1. The molecular weight excluding hydrogens is 156 g/mol. The Bertz CT molecular complexity index is 228. The largest absolute Gasteiger partial charge is 0.469 e. The summed E-state index contributed by atoms with van der Waals surface area (Å²) in [7, 11) is 1.43. The zero-order valence-electron chi connectivity index (χ0n) is 7.46. The van der Waals surface area contributed by atoms with Crippen molar-refractivity contribution >= 4 is 5.97 Å². The van der Waals surface area contributed by atoms with Crippen LogP contribution in [0.15, 0.2) is 0 Å². The highest BCUT2D eigenvalue weighted by atomic mass is 16.5. The van der Waals surface area contributed by atoms with Crippen LogP contribution >= 0.6 is 0 Å². The number of aliphatic hydroxyl groups is 1. The molecule has 2 bridgehead atoms. The van der Waals surface area contributed by atoms with Gasteiger partial charge >= 0.3 is 5.97 Å². The van der Waals surface area contributed by atoms with Crippen LogP contribution in [0.25, 0.3) is 0 Å². The molecule has 3 aliphatic rings. The Morgan fingerprint density at radius 1 is 1.67 bits per heavy atom. The van der Waals surface area contributed by atoms with Gasteiger partial charge in [0.15, 0.2) is 0 Å². The predicted molar refractivity (Wildman–Crippen MR) is 42.4 cm³/mol. The second kappa shape index (κ2) is 2.02. The standard InChI is InChI=1S/C9H14O3/c1-6-8(5-10)3-9(6,4-8)7(11)12-2/h6,10H,3-5H2,1-2H3. The minimum absolute atomic E-state index is 0.0637. The van der Waals surface area contributed by atoms with Crippen molar-refractivity contribution in [1.29, 1.82) is 0 Å². The van der Waals surface area contributed by atoms with Crippen molar-refractivity contribution in [3.63, 3.8) is 0 Å². The van der Waals surface area contributed by atoms with E-state index in [9.17, 15) is 4.79 Å². The van der Waals surface area contributed by atoms with Crippen molar-refractivity contribution in [2.24, 2.45) is 16.7 Å². The van der Waals surface area contributed by atoms with Gasteiger partial charge in [-0.05, 0) is 24.2 Å². The summed E-state index contributed by atoms with van der Waals surface area (Å²) in [6.45, 7) is 2.24. The lowest BCUT2D eigenvalue weighted by atomic mass is 9.29. The second-order valence-electron chi connectivity index (χ2n) is 4.24. The molecule has 0 aromatic carbocycles. The number of methoxy groups -OCH3 is 1. The van der Waals surface area contributed by atoms with E-state index in [2.05, 4.69) is 0 Å². The molecule has 0 radical (unpaired) electrons. The van der Waals surface area contributed by atoms with Crippen LogP contribution in [-0.2, 0) is 9.53 Å². The summed E-state index contributed by atoms with van der Waals surface area (Å²) >= 11 is 0. The van der Waals surface area contributed by atoms with E-state index in [4.69, 9.17) is 9.84 Å². The molecule has 1 unspecified atom stereocenters. The first-order chi connectivity index (χ1) is 5.61. The number of esters is 1. The summed E-state index contributed by atoms with van der Waals surface area (Å²) in [4.78, 5) is 11.3. The predicted octanol–water partition coefficient (Wildman–Crippen LogP) is 0.568. The first kappa shape index (κ1) is 8.05. The van der Waals surface area contributed by atoms with Crippen molar-refractivity contribution in [2.45, 2.75) is 19.8 Å². The second-order valence-corrected chi connectivity index (χ2v) is 4.24. The Morgan fingerprint density at radius 3 is 2.58 bits per heavy atom. The van der Waals surface area contributed by atoms with Gasteiger partial charge in [0.25, 0.3) is 0 Å². The summed E-state index contributed by atoms with van der Waals surface area (Å²) in [5.74, 6) is 0.216. The maximum absolute atomic E-state index is 11.3. The van der Waals surface area contributed by atoms with Crippen LogP contribution in [0.2, 0.25) is 0 Å².